The zero-order chi connectivity index (χ0) is 23.5. The van der Waals surface area contributed by atoms with Gasteiger partial charge in [0.15, 0.2) is 5.16 Å². The molecule has 0 radical (unpaired) electrons. The summed E-state index contributed by atoms with van der Waals surface area (Å²) in [7, 11) is -3.85. The Morgan fingerprint density at radius 2 is 1.81 bits per heavy atom. The number of carbonyl (C=O) groups excluding carboxylic acids is 1. The molecular formula is C23H26N4O3S2. The predicted octanol–water partition coefficient (Wildman–Crippen LogP) is 4.36. The van der Waals surface area contributed by atoms with Crippen LogP contribution in [-0.4, -0.2) is 30.0 Å². The minimum absolute atomic E-state index is 0.0651. The molecule has 0 aliphatic carbocycles. The third-order valence-corrected chi connectivity index (χ3v) is 7.77. The summed E-state index contributed by atoms with van der Waals surface area (Å²) in [5.74, 6) is -0.00283. The van der Waals surface area contributed by atoms with Crippen molar-refractivity contribution < 1.29 is 13.2 Å². The van der Waals surface area contributed by atoms with E-state index in [0.717, 1.165) is 34.1 Å². The highest BCUT2D eigenvalue weighted by molar-refractivity contribution is 7.99. The monoisotopic (exact) mass is 470 g/mol. The molecule has 0 aliphatic rings. The molecule has 1 aromatic heterocycles. The summed E-state index contributed by atoms with van der Waals surface area (Å²) in [5, 5.41) is 3.09. The maximum Gasteiger partial charge on any atom is 0.234 e. The lowest BCUT2D eigenvalue weighted by Gasteiger charge is -2.11. The number of rotatable bonds is 7. The lowest BCUT2D eigenvalue weighted by Crippen LogP contribution is -2.15. The van der Waals surface area contributed by atoms with Crippen LogP contribution in [0.15, 0.2) is 63.6 Å². The van der Waals surface area contributed by atoms with Crippen molar-refractivity contribution in [2.24, 2.45) is 0 Å². The Hall–Kier alpha value is -2.91. The van der Waals surface area contributed by atoms with E-state index in [2.05, 4.69) is 15.3 Å². The van der Waals surface area contributed by atoms with Crippen LogP contribution in [0.1, 0.15) is 36.5 Å². The number of anilines is 2. The number of nitrogens with two attached hydrogens (primary N) is 1. The van der Waals surface area contributed by atoms with Gasteiger partial charge >= 0.3 is 0 Å². The van der Waals surface area contributed by atoms with Crippen molar-refractivity contribution in [3.05, 3.63) is 65.4 Å². The minimum Gasteiger partial charge on any atom is -0.382 e. The van der Waals surface area contributed by atoms with E-state index in [1.54, 1.807) is 24.3 Å². The van der Waals surface area contributed by atoms with Crippen molar-refractivity contribution in [1.29, 1.82) is 0 Å². The molecule has 1 amide bonds. The fourth-order valence-electron chi connectivity index (χ4n) is 3.01. The molecule has 168 valence electrons. The van der Waals surface area contributed by atoms with Crippen molar-refractivity contribution in [2.45, 2.75) is 48.6 Å². The second-order valence-corrected chi connectivity index (χ2v) is 10.6. The maximum atomic E-state index is 12.9. The number of amides is 1. The summed E-state index contributed by atoms with van der Waals surface area (Å²) in [4.78, 5) is 20.5. The predicted molar refractivity (Wildman–Crippen MR) is 128 cm³/mol. The van der Waals surface area contributed by atoms with Gasteiger partial charge in [-0.3, -0.25) is 4.79 Å². The Kier molecular flexibility index (Phi) is 7.20. The standard InChI is InChI=1S/C23H26N4O3S2/c1-14(2)17-8-10-18(11-9-17)32(29,30)20-12-25-23(27-22(20)24)31-13-21(28)26-19-7-5-6-15(3)16(19)4/h5-12,14H,13H2,1-4H3,(H,26,28)(H2,24,25,27). The van der Waals surface area contributed by atoms with E-state index in [0.29, 0.717) is 5.92 Å². The molecule has 3 N–H and O–H groups in total. The van der Waals surface area contributed by atoms with Crippen molar-refractivity contribution in [3.63, 3.8) is 0 Å². The molecule has 3 rings (SSSR count). The lowest BCUT2D eigenvalue weighted by atomic mass is 10.0. The highest BCUT2D eigenvalue weighted by Gasteiger charge is 2.23. The van der Waals surface area contributed by atoms with Crippen LogP contribution in [-0.2, 0) is 14.6 Å². The number of thioether (sulfide) groups is 1. The lowest BCUT2D eigenvalue weighted by molar-refractivity contribution is -0.113. The average Bonchev–Trinajstić information content (AvgIpc) is 2.75. The zero-order valence-corrected chi connectivity index (χ0v) is 20.0. The van der Waals surface area contributed by atoms with Crippen LogP contribution >= 0.6 is 11.8 Å². The number of aromatic nitrogens is 2. The van der Waals surface area contributed by atoms with Crippen molar-refractivity contribution in [2.75, 3.05) is 16.8 Å². The van der Waals surface area contributed by atoms with Crippen LogP contribution in [0.2, 0.25) is 0 Å². The molecule has 2 aromatic carbocycles. The molecule has 0 saturated carbocycles. The van der Waals surface area contributed by atoms with Gasteiger partial charge in [0, 0.05) is 5.69 Å². The van der Waals surface area contributed by atoms with Gasteiger partial charge in [-0.05, 0) is 54.7 Å². The number of nitrogen functional groups attached to an aromatic ring is 1. The summed E-state index contributed by atoms with van der Waals surface area (Å²) >= 11 is 1.08. The highest BCUT2D eigenvalue weighted by atomic mass is 32.2. The number of hydrogen-bond acceptors (Lipinski definition) is 7. The highest BCUT2D eigenvalue weighted by Crippen LogP contribution is 2.27. The molecule has 0 fully saturated rings. The van der Waals surface area contributed by atoms with E-state index in [4.69, 9.17) is 5.73 Å². The Morgan fingerprint density at radius 3 is 2.44 bits per heavy atom. The van der Waals surface area contributed by atoms with E-state index in [-0.39, 0.29) is 32.4 Å². The summed E-state index contributed by atoms with van der Waals surface area (Å²) in [6.07, 6.45) is 1.19. The molecule has 0 aliphatic heterocycles. The van der Waals surface area contributed by atoms with E-state index >= 15 is 0 Å². The molecule has 1 heterocycles. The molecule has 0 unspecified atom stereocenters. The summed E-state index contributed by atoms with van der Waals surface area (Å²) in [5.41, 5.74) is 9.82. The van der Waals surface area contributed by atoms with Crippen molar-refractivity contribution >= 4 is 39.0 Å². The van der Waals surface area contributed by atoms with Gasteiger partial charge in [-0.2, -0.15) is 0 Å². The smallest absolute Gasteiger partial charge is 0.234 e. The van der Waals surface area contributed by atoms with Crippen LogP contribution in [0, 0.1) is 13.8 Å². The number of nitrogens with zero attached hydrogens (tertiary/aromatic N) is 2. The first kappa shape index (κ1) is 23.7. The van der Waals surface area contributed by atoms with Crippen molar-refractivity contribution in [1.82, 2.24) is 9.97 Å². The summed E-state index contributed by atoms with van der Waals surface area (Å²) < 4.78 is 25.9. The van der Waals surface area contributed by atoms with Gasteiger partial charge in [0.1, 0.15) is 10.7 Å². The second-order valence-electron chi connectivity index (χ2n) is 7.71. The molecule has 0 saturated heterocycles. The van der Waals surface area contributed by atoms with E-state index in [1.807, 2.05) is 45.9 Å². The number of benzene rings is 2. The van der Waals surface area contributed by atoms with E-state index < -0.39 is 9.84 Å². The van der Waals surface area contributed by atoms with Gasteiger partial charge in [0.25, 0.3) is 0 Å². The van der Waals surface area contributed by atoms with Crippen LogP contribution in [0.4, 0.5) is 11.5 Å². The van der Waals surface area contributed by atoms with Crippen LogP contribution in [0.25, 0.3) is 0 Å². The van der Waals surface area contributed by atoms with Gasteiger partial charge in [-0.25, -0.2) is 18.4 Å². The molecule has 0 bridgehead atoms. The number of carbonyl (C=O) groups is 1. The first-order chi connectivity index (χ1) is 15.1. The normalized spacial score (nSPS) is 11.5. The second kappa shape index (κ2) is 9.70. The largest absolute Gasteiger partial charge is 0.382 e. The summed E-state index contributed by atoms with van der Waals surface area (Å²) in [6.45, 7) is 7.99. The number of aryl methyl sites for hydroxylation is 1. The molecule has 3 aromatic rings. The Balaban J connectivity index is 1.70. The fourth-order valence-corrected chi connectivity index (χ4v) is 4.89. The van der Waals surface area contributed by atoms with Gasteiger partial charge in [0.2, 0.25) is 15.7 Å². The Morgan fingerprint density at radius 1 is 1.12 bits per heavy atom. The van der Waals surface area contributed by atoms with Gasteiger partial charge in [-0.1, -0.05) is 49.9 Å². The van der Waals surface area contributed by atoms with E-state index in [9.17, 15) is 13.2 Å². The maximum absolute atomic E-state index is 12.9. The molecule has 0 spiro atoms. The fraction of sp³-hybridized carbons (Fsp3) is 0.261. The van der Waals surface area contributed by atoms with Crippen LogP contribution < -0.4 is 11.1 Å². The van der Waals surface area contributed by atoms with Crippen molar-refractivity contribution in [3.8, 4) is 0 Å². The topological polar surface area (TPSA) is 115 Å². The third kappa shape index (κ3) is 5.28. The number of sulfone groups is 1. The molecule has 0 atom stereocenters. The quantitative estimate of drug-likeness (QED) is 0.389. The van der Waals surface area contributed by atoms with Gasteiger partial charge in [-0.15, -0.1) is 0 Å². The molecule has 7 nitrogen and oxygen atoms in total. The minimum atomic E-state index is -3.85. The first-order valence-corrected chi connectivity index (χ1v) is 12.5. The van der Waals surface area contributed by atoms with Gasteiger partial charge in [0.05, 0.1) is 16.8 Å². The number of nitrogens with one attached hydrogen (secondary N) is 1. The SMILES string of the molecule is Cc1cccc(NC(=O)CSc2ncc(S(=O)(=O)c3ccc(C(C)C)cc3)c(N)n2)c1C. The molecule has 32 heavy (non-hydrogen) atoms. The zero-order valence-electron chi connectivity index (χ0n) is 18.4. The molecule has 9 heteroatoms. The Labute approximate surface area is 192 Å². The third-order valence-electron chi connectivity index (χ3n) is 5.12. The van der Waals surface area contributed by atoms with Crippen LogP contribution in [0.5, 0.6) is 0 Å². The number of hydrogen-bond donors (Lipinski definition) is 2. The average molecular weight is 471 g/mol. The first-order valence-electron chi connectivity index (χ1n) is 10.1. The van der Waals surface area contributed by atoms with Gasteiger partial charge < -0.3 is 11.1 Å². The summed E-state index contributed by atoms with van der Waals surface area (Å²) in [6, 6.07) is 12.4. The molecular weight excluding hydrogens is 444 g/mol. The Bertz CT molecular complexity index is 1240. The van der Waals surface area contributed by atoms with Crippen LogP contribution in [0.3, 0.4) is 0 Å². The van der Waals surface area contributed by atoms with E-state index in [1.165, 1.54) is 6.20 Å².